The van der Waals surface area contributed by atoms with E-state index < -0.39 is 42.4 Å². The lowest BCUT2D eigenvalue weighted by Gasteiger charge is -2.18. The second kappa shape index (κ2) is 11.0. The Hall–Kier alpha value is -2.75. The second-order valence-electron chi connectivity index (χ2n) is 5.35. The van der Waals surface area contributed by atoms with Gasteiger partial charge in [-0.1, -0.05) is 18.2 Å². The molecule has 0 unspecified atom stereocenters. The van der Waals surface area contributed by atoms with Gasteiger partial charge in [0.25, 0.3) is 0 Å². The van der Waals surface area contributed by atoms with E-state index in [0.29, 0.717) is 5.69 Å². The summed E-state index contributed by atoms with van der Waals surface area (Å²) in [5, 5.41) is 25.2. The summed E-state index contributed by atoms with van der Waals surface area (Å²) in [6, 6.07) is 6.73. The Kier molecular flexibility index (Phi) is 8.99. The molecule has 0 aliphatic heterocycles. The molecule has 0 heterocycles. The highest BCUT2D eigenvalue weighted by molar-refractivity contribution is 7.80. The third kappa shape index (κ3) is 7.88. The standard InChI is InChI=1S/C16H21N3O6S/c20-13(19-12(9-26)15(23)17-8-14(21)22)7-6-11(16(24)25)18-10-4-2-1-3-5-10/h1-5,11-12,18,26H,6-9H2,(H,17,23)(H,19,20)(H,21,22)(H,24,25)/t11-,12-/m0/s1. The van der Waals surface area contributed by atoms with E-state index in [2.05, 4.69) is 28.6 Å². The van der Waals surface area contributed by atoms with E-state index in [1.54, 1.807) is 30.3 Å². The molecule has 2 atom stereocenters. The van der Waals surface area contributed by atoms with E-state index in [9.17, 15) is 24.3 Å². The third-order valence-corrected chi connectivity index (χ3v) is 3.69. The molecular formula is C16H21N3O6S. The number of carbonyl (C=O) groups is 4. The van der Waals surface area contributed by atoms with Gasteiger partial charge in [-0.15, -0.1) is 0 Å². The van der Waals surface area contributed by atoms with Crippen molar-refractivity contribution >= 4 is 42.1 Å². The first-order valence-corrected chi connectivity index (χ1v) is 8.40. The van der Waals surface area contributed by atoms with Crippen LogP contribution in [0.5, 0.6) is 0 Å². The van der Waals surface area contributed by atoms with Gasteiger partial charge in [0.15, 0.2) is 0 Å². The number of thiol groups is 1. The van der Waals surface area contributed by atoms with E-state index in [1.165, 1.54) is 0 Å². The number of hydrogen-bond acceptors (Lipinski definition) is 6. The van der Waals surface area contributed by atoms with Gasteiger partial charge in [0.05, 0.1) is 0 Å². The highest BCUT2D eigenvalue weighted by Gasteiger charge is 2.22. The molecule has 0 radical (unpaired) electrons. The van der Waals surface area contributed by atoms with Crippen molar-refractivity contribution < 1.29 is 29.4 Å². The van der Waals surface area contributed by atoms with Crippen LogP contribution >= 0.6 is 12.6 Å². The summed E-state index contributed by atoms with van der Waals surface area (Å²) in [4.78, 5) is 45.5. The first-order chi connectivity index (χ1) is 12.3. The van der Waals surface area contributed by atoms with Gasteiger partial charge in [0.2, 0.25) is 11.8 Å². The molecule has 0 bridgehead atoms. The van der Waals surface area contributed by atoms with Crippen molar-refractivity contribution in [3.63, 3.8) is 0 Å². The Morgan fingerprint density at radius 2 is 1.69 bits per heavy atom. The number of carbonyl (C=O) groups excluding carboxylic acids is 2. The van der Waals surface area contributed by atoms with Gasteiger partial charge < -0.3 is 26.2 Å². The summed E-state index contributed by atoms with van der Waals surface area (Å²) in [7, 11) is 0. The molecule has 0 saturated heterocycles. The van der Waals surface area contributed by atoms with Gasteiger partial charge in [-0.25, -0.2) is 4.79 Å². The molecule has 10 heteroatoms. The fraction of sp³-hybridized carbons (Fsp3) is 0.375. The molecule has 0 aromatic heterocycles. The third-order valence-electron chi connectivity index (χ3n) is 3.32. The van der Waals surface area contributed by atoms with Crippen LogP contribution in [0.4, 0.5) is 5.69 Å². The number of benzene rings is 1. The van der Waals surface area contributed by atoms with Crippen LogP contribution in [-0.4, -0.2) is 58.3 Å². The highest BCUT2D eigenvalue weighted by atomic mass is 32.1. The Morgan fingerprint density at radius 1 is 1.04 bits per heavy atom. The zero-order valence-electron chi connectivity index (χ0n) is 13.8. The van der Waals surface area contributed by atoms with Gasteiger partial charge in [0.1, 0.15) is 18.6 Å². The minimum absolute atomic E-state index is 0.00605. The SMILES string of the molecule is O=C(O)CNC(=O)[C@H](CS)NC(=O)CC[C@H](Nc1ccccc1)C(=O)O. The number of rotatable bonds is 11. The van der Waals surface area contributed by atoms with E-state index in [-0.39, 0.29) is 18.6 Å². The Balaban J connectivity index is 2.52. The number of amides is 2. The van der Waals surface area contributed by atoms with Crippen molar-refractivity contribution in [3.8, 4) is 0 Å². The predicted molar refractivity (Wildman–Crippen MR) is 97.2 cm³/mol. The van der Waals surface area contributed by atoms with E-state index in [4.69, 9.17) is 5.11 Å². The fourth-order valence-electron chi connectivity index (χ4n) is 2.01. The van der Waals surface area contributed by atoms with Crippen molar-refractivity contribution in [1.82, 2.24) is 10.6 Å². The lowest BCUT2D eigenvalue weighted by atomic mass is 10.1. The van der Waals surface area contributed by atoms with E-state index in [1.807, 2.05) is 0 Å². The normalized spacial score (nSPS) is 12.5. The molecular weight excluding hydrogens is 362 g/mol. The lowest BCUT2D eigenvalue weighted by Crippen LogP contribution is -2.49. The van der Waals surface area contributed by atoms with E-state index in [0.717, 1.165) is 0 Å². The number of nitrogens with one attached hydrogen (secondary N) is 3. The number of anilines is 1. The van der Waals surface area contributed by atoms with Crippen LogP contribution in [-0.2, 0) is 19.2 Å². The molecule has 0 fully saturated rings. The minimum atomic E-state index is -1.21. The molecule has 142 valence electrons. The summed E-state index contributed by atoms with van der Waals surface area (Å²) in [6.45, 7) is -0.568. The van der Waals surface area contributed by atoms with Gasteiger partial charge in [0, 0.05) is 17.9 Å². The Bertz CT molecular complexity index is 640. The molecule has 5 N–H and O–H groups in total. The molecule has 9 nitrogen and oxygen atoms in total. The monoisotopic (exact) mass is 383 g/mol. The number of hydrogen-bond donors (Lipinski definition) is 6. The number of carboxylic acid groups (broad SMARTS) is 2. The molecule has 1 rings (SSSR count). The first-order valence-electron chi connectivity index (χ1n) is 7.77. The zero-order chi connectivity index (χ0) is 19.5. The highest BCUT2D eigenvalue weighted by Crippen LogP contribution is 2.10. The molecule has 0 aliphatic carbocycles. The van der Waals surface area contributed by atoms with Gasteiger partial charge in [-0.05, 0) is 18.6 Å². The van der Waals surface area contributed by atoms with Crippen LogP contribution in [0.25, 0.3) is 0 Å². The maximum Gasteiger partial charge on any atom is 0.326 e. The molecule has 1 aromatic rings. The Labute approximate surface area is 155 Å². The predicted octanol–water partition coefficient (Wildman–Crippen LogP) is -0.0527. The van der Waals surface area contributed by atoms with Crippen molar-refractivity contribution in [2.45, 2.75) is 24.9 Å². The maximum absolute atomic E-state index is 12.0. The minimum Gasteiger partial charge on any atom is -0.480 e. The van der Waals surface area contributed by atoms with Crippen LogP contribution in [0.15, 0.2) is 30.3 Å². The second-order valence-corrected chi connectivity index (χ2v) is 5.72. The van der Waals surface area contributed by atoms with E-state index >= 15 is 0 Å². The van der Waals surface area contributed by atoms with Crippen molar-refractivity contribution in [2.75, 3.05) is 17.6 Å². The molecule has 1 aromatic carbocycles. The van der Waals surface area contributed by atoms with Gasteiger partial charge >= 0.3 is 11.9 Å². The lowest BCUT2D eigenvalue weighted by molar-refractivity contribution is -0.138. The largest absolute Gasteiger partial charge is 0.480 e. The summed E-state index contributed by atoms with van der Waals surface area (Å²) >= 11 is 3.95. The van der Waals surface area contributed by atoms with Gasteiger partial charge in [-0.2, -0.15) is 12.6 Å². The van der Waals surface area contributed by atoms with Crippen LogP contribution in [0, 0.1) is 0 Å². The molecule has 2 amide bonds. The molecule has 0 spiro atoms. The molecule has 0 aliphatic rings. The molecule has 26 heavy (non-hydrogen) atoms. The van der Waals surface area contributed by atoms with Crippen LogP contribution in [0.1, 0.15) is 12.8 Å². The molecule has 0 saturated carbocycles. The summed E-state index contributed by atoms with van der Waals surface area (Å²) in [6.07, 6.45) is -0.126. The smallest absolute Gasteiger partial charge is 0.326 e. The first kappa shape index (κ1) is 21.3. The Morgan fingerprint density at radius 3 is 2.23 bits per heavy atom. The van der Waals surface area contributed by atoms with Crippen molar-refractivity contribution in [1.29, 1.82) is 0 Å². The van der Waals surface area contributed by atoms with Crippen molar-refractivity contribution in [3.05, 3.63) is 30.3 Å². The maximum atomic E-state index is 12.0. The quantitative estimate of drug-likeness (QED) is 0.294. The van der Waals surface area contributed by atoms with Crippen LogP contribution in [0.3, 0.4) is 0 Å². The summed E-state index contributed by atoms with van der Waals surface area (Å²) < 4.78 is 0. The van der Waals surface area contributed by atoms with Crippen LogP contribution in [0.2, 0.25) is 0 Å². The average molecular weight is 383 g/mol. The summed E-state index contributed by atoms with van der Waals surface area (Å²) in [5.74, 6) is -3.55. The zero-order valence-corrected chi connectivity index (χ0v) is 14.7. The van der Waals surface area contributed by atoms with Crippen molar-refractivity contribution in [2.24, 2.45) is 0 Å². The fourth-order valence-corrected chi connectivity index (χ4v) is 2.27. The van der Waals surface area contributed by atoms with Gasteiger partial charge in [-0.3, -0.25) is 14.4 Å². The number of aliphatic carboxylic acids is 2. The summed E-state index contributed by atoms with van der Waals surface area (Å²) in [5.41, 5.74) is 0.613. The average Bonchev–Trinajstić information content (AvgIpc) is 2.61. The number of carboxylic acids is 2. The van der Waals surface area contributed by atoms with Crippen LogP contribution < -0.4 is 16.0 Å². The number of para-hydroxylation sites is 1. The topological polar surface area (TPSA) is 145 Å².